The molecule has 1 fully saturated rings. The third kappa shape index (κ3) is 3.21. The van der Waals surface area contributed by atoms with Crippen LogP contribution in [0.25, 0.3) is 0 Å². The monoisotopic (exact) mass is 303 g/mol. The Hall–Kier alpha value is -2.51. The van der Waals surface area contributed by atoms with Gasteiger partial charge in [0.15, 0.2) is 11.5 Å². The second-order valence-corrected chi connectivity index (χ2v) is 5.46. The topological polar surface area (TPSA) is 114 Å². The smallest absolute Gasteiger partial charge is 0.356 e. The highest BCUT2D eigenvalue weighted by atomic mass is 16.5. The Labute approximate surface area is 127 Å². The van der Waals surface area contributed by atoms with Crippen LogP contribution in [0.1, 0.15) is 53.8 Å². The molecule has 1 aliphatic carbocycles. The quantitative estimate of drug-likeness (QED) is 0.881. The lowest BCUT2D eigenvalue weighted by Gasteiger charge is -2.27. The van der Waals surface area contributed by atoms with Crippen molar-refractivity contribution >= 4 is 11.8 Å². The SMILES string of the molecule is Cc1noc(C2CCC(Nc3cnc(C(=O)O)cn3)CC2)n1. The average molecular weight is 303 g/mol. The maximum Gasteiger partial charge on any atom is 0.356 e. The molecule has 22 heavy (non-hydrogen) atoms. The summed E-state index contributed by atoms with van der Waals surface area (Å²) >= 11 is 0. The molecule has 0 radical (unpaired) electrons. The molecule has 0 unspecified atom stereocenters. The molecule has 0 spiro atoms. The largest absolute Gasteiger partial charge is 0.476 e. The molecule has 8 heteroatoms. The van der Waals surface area contributed by atoms with E-state index in [9.17, 15) is 4.79 Å². The zero-order valence-corrected chi connectivity index (χ0v) is 12.2. The number of hydrogen-bond acceptors (Lipinski definition) is 7. The molecule has 3 rings (SSSR count). The molecular weight excluding hydrogens is 286 g/mol. The van der Waals surface area contributed by atoms with Crippen LogP contribution in [0.2, 0.25) is 0 Å². The normalized spacial score (nSPS) is 21.5. The van der Waals surface area contributed by atoms with Crippen molar-refractivity contribution in [1.29, 1.82) is 0 Å². The van der Waals surface area contributed by atoms with Crippen LogP contribution >= 0.6 is 0 Å². The maximum atomic E-state index is 10.7. The van der Waals surface area contributed by atoms with Gasteiger partial charge in [0, 0.05) is 12.0 Å². The molecule has 1 aliphatic rings. The summed E-state index contributed by atoms with van der Waals surface area (Å²) in [5, 5.41) is 15.9. The maximum absolute atomic E-state index is 10.7. The summed E-state index contributed by atoms with van der Waals surface area (Å²) in [4.78, 5) is 23.0. The lowest BCUT2D eigenvalue weighted by atomic mass is 9.86. The minimum Gasteiger partial charge on any atom is -0.476 e. The second-order valence-electron chi connectivity index (χ2n) is 5.46. The van der Waals surface area contributed by atoms with Gasteiger partial charge in [-0.2, -0.15) is 4.98 Å². The molecule has 0 atom stereocenters. The predicted molar refractivity (Wildman–Crippen MR) is 76.6 cm³/mol. The van der Waals surface area contributed by atoms with E-state index in [1.807, 2.05) is 6.92 Å². The van der Waals surface area contributed by atoms with Crippen molar-refractivity contribution in [2.24, 2.45) is 0 Å². The first-order valence-electron chi connectivity index (χ1n) is 7.24. The number of nitrogens with one attached hydrogen (secondary N) is 1. The summed E-state index contributed by atoms with van der Waals surface area (Å²) in [7, 11) is 0. The predicted octanol–water partition coefficient (Wildman–Crippen LogP) is 2.00. The molecule has 0 aliphatic heterocycles. The van der Waals surface area contributed by atoms with E-state index < -0.39 is 5.97 Å². The van der Waals surface area contributed by atoms with Gasteiger partial charge in [0.1, 0.15) is 5.82 Å². The summed E-state index contributed by atoms with van der Waals surface area (Å²) < 4.78 is 5.23. The van der Waals surface area contributed by atoms with E-state index >= 15 is 0 Å². The van der Waals surface area contributed by atoms with E-state index in [1.165, 1.54) is 12.4 Å². The molecule has 0 aromatic carbocycles. The van der Waals surface area contributed by atoms with Gasteiger partial charge >= 0.3 is 5.97 Å². The first kappa shape index (κ1) is 14.4. The lowest BCUT2D eigenvalue weighted by molar-refractivity contribution is 0.0690. The van der Waals surface area contributed by atoms with E-state index in [2.05, 4.69) is 25.4 Å². The van der Waals surface area contributed by atoms with Gasteiger partial charge in [-0.3, -0.25) is 0 Å². The number of anilines is 1. The second kappa shape index (κ2) is 6.08. The molecule has 0 saturated heterocycles. The fourth-order valence-electron chi connectivity index (χ4n) is 2.69. The number of hydrogen-bond donors (Lipinski definition) is 2. The van der Waals surface area contributed by atoms with Crippen LogP contribution in [0.15, 0.2) is 16.9 Å². The highest BCUT2D eigenvalue weighted by molar-refractivity contribution is 5.84. The summed E-state index contributed by atoms with van der Waals surface area (Å²) in [6.45, 7) is 1.82. The standard InChI is InChI=1S/C14H17N5O3/c1-8-17-13(22-19-8)9-2-4-10(5-3-9)18-12-7-15-11(6-16-12)14(20)21/h6-7,9-10H,2-5H2,1H3,(H,16,18)(H,20,21). The minimum atomic E-state index is -1.07. The van der Waals surface area contributed by atoms with Gasteiger partial charge in [0.25, 0.3) is 0 Å². The zero-order valence-electron chi connectivity index (χ0n) is 12.2. The van der Waals surface area contributed by atoms with Crippen molar-refractivity contribution < 1.29 is 14.4 Å². The van der Waals surface area contributed by atoms with Crippen LogP contribution in [0.5, 0.6) is 0 Å². The van der Waals surface area contributed by atoms with Crippen molar-refractivity contribution in [3.63, 3.8) is 0 Å². The molecule has 0 bridgehead atoms. The van der Waals surface area contributed by atoms with Crippen LogP contribution in [0, 0.1) is 6.92 Å². The Morgan fingerprint density at radius 3 is 2.59 bits per heavy atom. The van der Waals surface area contributed by atoms with Crippen molar-refractivity contribution in [1.82, 2.24) is 20.1 Å². The van der Waals surface area contributed by atoms with Gasteiger partial charge in [-0.05, 0) is 32.6 Å². The Bertz CT molecular complexity index is 647. The number of carboxylic acids is 1. The molecule has 2 heterocycles. The fraction of sp³-hybridized carbons (Fsp3) is 0.500. The number of aryl methyl sites for hydroxylation is 1. The van der Waals surface area contributed by atoms with Crippen LogP contribution in [0.4, 0.5) is 5.82 Å². The van der Waals surface area contributed by atoms with Gasteiger partial charge in [-0.15, -0.1) is 0 Å². The van der Waals surface area contributed by atoms with E-state index in [4.69, 9.17) is 9.63 Å². The summed E-state index contributed by atoms with van der Waals surface area (Å²) in [5.74, 6) is 1.24. The van der Waals surface area contributed by atoms with Crippen molar-refractivity contribution in [2.75, 3.05) is 5.32 Å². The Morgan fingerprint density at radius 1 is 1.27 bits per heavy atom. The van der Waals surface area contributed by atoms with Crippen LogP contribution < -0.4 is 5.32 Å². The number of aromatic carboxylic acids is 1. The van der Waals surface area contributed by atoms with Gasteiger partial charge in [-0.25, -0.2) is 14.8 Å². The first-order valence-corrected chi connectivity index (χ1v) is 7.24. The molecule has 8 nitrogen and oxygen atoms in total. The van der Waals surface area contributed by atoms with Gasteiger partial charge < -0.3 is 14.9 Å². The minimum absolute atomic E-state index is 0.0546. The highest BCUT2D eigenvalue weighted by Gasteiger charge is 2.26. The Kier molecular flexibility index (Phi) is 3.99. The van der Waals surface area contributed by atoms with Crippen molar-refractivity contribution in [2.45, 2.75) is 44.6 Å². The molecule has 2 aromatic rings. The zero-order chi connectivity index (χ0) is 15.5. The summed E-state index contributed by atoms with van der Waals surface area (Å²) in [5.41, 5.74) is -0.0546. The third-order valence-electron chi connectivity index (χ3n) is 3.84. The molecule has 116 valence electrons. The fourth-order valence-corrected chi connectivity index (χ4v) is 2.69. The first-order chi connectivity index (χ1) is 10.6. The lowest BCUT2D eigenvalue weighted by Crippen LogP contribution is -2.26. The highest BCUT2D eigenvalue weighted by Crippen LogP contribution is 2.32. The molecule has 0 amide bonds. The number of rotatable bonds is 4. The average Bonchev–Trinajstić information content (AvgIpc) is 2.95. The molecule has 2 N–H and O–H groups in total. The van der Waals surface area contributed by atoms with Gasteiger partial charge in [0.05, 0.1) is 12.4 Å². The Morgan fingerprint density at radius 2 is 2.05 bits per heavy atom. The molecular formula is C14H17N5O3. The van der Waals surface area contributed by atoms with E-state index in [0.29, 0.717) is 23.6 Å². The van der Waals surface area contributed by atoms with Crippen LogP contribution in [0.3, 0.4) is 0 Å². The molecule has 1 saturated carbocycles. The van der Waals surface area contributed by atoms with Crippen molar-refractivity contribution in [3.8, 4) is 0 Å². The summed E-state index contributed by atoms with van der Waals surface area (Å²) in [6, 6.07) is 0.297. The number of carbonyl (C=O) groups is 1. The van der Waals surface area contributed by atoms with E-state index in [1.54, 1.807) is 0 Å². The number of aromatic nitrogens is 4. The Balaban J connectivity index is 1.54. The third-order valence-corrected chi connectivity index (χ3v) is 3.84. The number of carboxylic acid groups (broad SMARTS) is 1. The van der Waals surface area contributed by atoms with Crippen LogP contribution in [-0.4, -0.2) is 37.2 Å². The van der Waals surface area contributed by atoms with E-state index in [0.717, 1.165) is 31.6 Å². The molecule has 2 aromatic heterocycles. The van der Waals surface area contributed by atoms with E-state index in [-0.39, 0.29) is 5.69 Å². The van der Waals surface area contributed by atoms with Gasteiger partial charge in [-0.1, -0.05) is 5.16 Å². The van der Waals surface area contributed by atoms with Crippen molar-refractivity contribution in [3.05, 3.63) is 29.8 Å². The van der Waals surface area contributed by atoms with Gasteiger partial charge in [0.2, 0.25) is 5.89 Å². The van der Waals surface area contributed by atoms with Crippen LogP contribution in [-0.2, 0) is 0 Å². The number of nitrogens with zero attached hydrogens (tertiary/aromatic N) is 4. The summed E-state index contributed by atoms with van der Waals surface area (Å²) in [6.07, 6.45) is 6.59.